The summed E-state index contributed by atoms with van der Waals surface area (Å²) in [5.74, 6) is -2.19. The van der Waals surface area contributed by atoms with Crippen molar-refractivity contribution < 1.29 is 24.6 Å². The van der Waals surface area contributed by atoms with Gasteiger partial charge in [-0.05, 0) is 19.8 Å². The minimum Gasteiger partial charge on any atom is -0.481 e. The second kappa shape index (κ2) is 11.0. The number of carbonyl (C=O) groups is 3. The van der Waals surface area contributed by atoms with Gasteiger partial charge in [-0.1, -0.05) is 31.8 Å². The van der Waals surface area contributed by atoms with Crippen LogP contribution in [0.1, 0.15) is 58.3 Å². The molecule has 0 fully saturated rings. The normalized spacial score (nSPS) is 11.2. The summed E-state index contributed by atoms with van der Waals surface area (Å²) in [5.41, 5.74) is -0.0938. The molecule has 3 N–H and O–H groups in total. The van der Waals surface area contributed by atoms with E-state index in [1.54, 1.807) is 6.92 Å². The summed E-state index contributed by atoms with van der Waals surface area (Å²) >= 11 is 0. The first-order valence-corrected chi connectivity index (χ1v) is 6.88. The zero-order valence-corrected chi connectivity index (χ0v) is 11.9. The molecule has 1 amide bonds. The van der Waals surface area contributed by atoms with Crippen LogP contribution in [0.2, 0.25) is 0 Å². The van der Waals surface area contributed by atoms with Gasteiger partial charge in [-0.25, -0.2) is 4.79 Å². The quantitative estimate of drug-likeness (QED) is 0.399. The molecule has 0 saturated carbocycles. The van der Waals surface area contributed by atoms with Gasteiger partial charge in [0.25, 0.3) is 0 Å². The summed E-state index contributed by atoms with van der Waals surface area (Å²) in [6.45, 7) is 1.56. The predicted molar refractivity (Wildman–Crippen MR) is 74.1 cm³/mol. The fraction of sp³-hybridized carbons (Fsp3) is 0.643. The van der Waals surface area contributed by atoms with Crippen LogP contribution in [0.3, 0.4) is 0 Å². The van der Waals surface area contributed by atoms with Gasteiger partial charge in [-0.2, -0.15) is 0 Å². The first kappa shape index (κ1) is 18.1. The van der Waals surface area contributed by atoms with Gasteiger partial charge in [-0.3, -0.25) is 9.59 Å². The van der Waals surface area contributed by atoms with E-state index in [9.17, 15) is 14.4 Å². The summed E-state index contributed by atoms with van der Waals surface area (Å²) < 4.78 is 0. The molecular weight excluding hydrogens is 262 g/mol. The fourth-order valence-corrected chi connectivity index (χ4v) is 1.73. The Morgan fingerprint density at radius 1 is 0.900 bits per heavy atom. The Morgan fingerprint density at radius 3 is 1.85 bits per heavy atom. The van der Waals surface area contributed by atoms with Crippen molar-refractivity contribution in [3.63, 3.8) is 0 Å². The molecule has 0 radical (unpaired) electrons. The molecule has 114 valence electrons. The van der Waals surface area contributed by atoms with Crippen molar-refractivity contribution in [2.24, 2.45) is 0 Å². The van der Waals surface area contributed by atoms with Crippen molar-refractivity contribution in [1.29, 1.82) is 0 Å². The van der Waals surface area contributed by atoms with Crippen molar-refractivity contribution in [3.8, 4) is 0 Å². The van der Waals surface area contributed by atoms with Gasteiger partial charge in [0.15, 0.2) is 0 Å². The van der Waals surface area contributed by atoms with Gasteiger partial charge in [0, 0.05) is 12.8 Å². The van der Waals surface area contributed by atoms with Gasteiger partial charge in [0.2, 0.25) is 5.91 Å². The standard InChI is InChI=1S/C14H23NO5/c1-2-11(14(19)20)15-12(16)9-7-5-3-4-6-8-10-13(17)18/h2H,3-10H2,1H3,(H,15,16)(H,17,18)(H,19,20)/b11-2-. The van der Waals surface area contributed by atoms with Gasteiger partial charge < -0.3 is 15.5 Å². The lowest BCUT2D eigenvalue weighted by Crippen LogP contribution is -2.26. The Bertz CT molecular complexity index is 363. The van der Waals surface area contributed by atoms with Crippen LogP contribution in [0.4, 0.5) is 0 Å². The highest BCUT2D eigenvalue weighted by Gasteiger charge is 2.09. The molecular formula is C14H23NO5. The SMILES string of the molecule is C/C=C(\NC(=O)CCCCCCCCC(=O)O)C(=O)O. The summed E-state index contributed by atoms with van der Waals surface area (Å²) in [6, 6.07) is 0. The van der Waals surface area contributed by atoms with E-state index in [0.717, 1.165) is 25.7 Å². The molecule has 0 heterocycles. The molecule has 6 nitrogen and oxygen atoms in total. The third-order valence-electron chi connectivity index (χ3n) is 2.84. The van der Waals surface area contributed by atoms with E-state index in [-0.39, 0.29) is 18.0 Å². The summed E-state index contributed by atoms with van der Waals surface area (Å²) in [5, 5.41) is 19.5. The number of hydrogen-bond acceptors (Lipinski definition) is 3. The topological polar surface area (TPSA) is 104 Å². The minimum atomic E-state index is -1.14. The Kier molecular flexibility index (Phi) is 10.00. The third kappa shape index (κ3) is 10.1. The van der Waals surface area contributed by atoms with E-state index in [1.807, 2.05) is 0 Å². The lowest BCUT2D eigenvalue weighted by Gasteiger charge is -2.05. The molecule has 0 aliphatic carbocycles. The summed E-state index contributed by atoms with van der Waals surface area (Å²) in [4.78, 5) is 32.4. The first-order valence-electron chi connectivity index (χ1n) is 6.88. The average Bonchev–Trinajstić information content (AvgIpc) is 2.38. The van der Waals surface area contributed by atoms with Crippen LogP contribution < -0.4 is 5.32 Å². The van der Waals surface area contributed by atoms with E-state index in [1.165, 1.54) is 6.08 Å². The van der Waals surface area contributed by atoms with Gasteiger partial charge in [-0.15, -0.1) is 0 Å². The molecule has 0 bridgehead atoms. The fourth-order valence-electron chi connectivity index (χ4n) is 1.73. The van der Waals surface area contributed by atoms with Gasteiger partial charge >= 0.3 is 11.9 Å². The molecule has 0 rings (SSSR count). The average molecular weight is 285 g/mol. The number of carbonyl (C=O) groups excluding carboxylic acids is 1. The monoisotopic (exact) mass is 285 g/mol. The smallest absolute Gasteiger partial charge is 0.352 e. The van der Waals surface area contributed by atoms with E-state index in [4.69, 9.17) is 10.2 Å². The van der Waals surface area contributed by atoms with Crippen molar-refractivity contribution in [2.75, 3.05) is 0 Å². The number of unbranched alkanes of at least 4 members (excludes halogenated alkanes) is 5. The number of carboxylic acids is 2. The van der Waals surface area contributed by atoms with Crippen molar-refractivity contribution in [1.82, 2.24) is 5.32 Å². The van der Waals surface area contributed by atoms with E-state index in [2.05, 4.69) is 5.32 Å². The van der Waals surface area contributed by atoms with Crippen LogP contribution in [0.25, 0.3) is 0 Å². The molecule has 0 aliphatic rings. The number of nitrogens with one attached hydrogen (secondary N) is 1. The highest BCUT2D eigenvalue weighted by Crippen LogP contribution is 2.08. The van der Waals surface area contributed by atoms with Crippen molar-refractivity contribution in [3.05, 3.63) is 11.8 Å². The number of amides is 1. The van der Waals surface area contributed by atoms with Crippen molar-refractivity contribution >= 4 is 17.8 Å². The second-order valence-corrected chi connectivity index (χ2v) is 4.57. The molecule has 6 heteroatoms. The molecule has 0 aromatic rings. The lowest BCUT2D eigenvalue weighted by atomic mass is 10.1. The maximum absolute atomic E-state index is 11.4. The largest absolute Gasteiger partial charge is 0.481 e. The zero-order chi connectivity index (χ0) is 15.4. The first-order chi connectivity index (χ1) is 9.47. The maximum Gasteiger partial charge on any atom is 0.352 e. The lowest BCUT2D eigenvalue weighted by molar-refractivity contribution is -0.137. The molecule has 0 aromatic carbocycles. The number of rotatable bonds is 11. The van der Waals surface area contributed by atoms with Crippen LogP contribution in [0.5, 0.6) is 0 Å². The molecule has 0 spiro atoms. The number of hydrogen-bond donors (Lipinski definition) is 3. The van der Waals surface area contributed by atoms with E-state index in [0.29, 0.717) is 19.3 Å². The molecule has 20 heavy (non-hydrogen) atoms. The van der Waals surface area contributed by atoms with Gasteiger partial charge in [0.05, 0.1) is 0 Å². The Morgan fingerprint density at radius 2 is 1.40 bits per heavy atom. The summed E-state index contributed by atoms with van der Waals surface area (Å²) in [7, 11) is 0. The van der Waals surface area contributed by atoms with Crippen LogP contribution in [-0.2, 0) is 14.4 Å². The van der Waals surface area contributed by atoms with E-state index >= 15 is 0 Å². The highest BCUT2D eigenvalue weighted by atomic mass is 16.4. The Hall–Kier alpha value is -1.85. The van der Waals surface area contributed by atoms with Crippen LogP contribution >= 0.6 is 0 Å². The molecule has 0 saturated heterocycles. The minimum absolute atomic E-state index is 0.0938. The third-order valence-corrected chi connectivity index (χ3v) is 2.84. The maximum atomic E-state index is 11.4. The van der Waals surface area contributed by atoms with Gasteiger partial charge in [0.1, 0.15) is 5.70 Å². The Balaban J connectivity index is 3.53. The number of allylic oxidation sites excluding steroid dienone is 1. The van der Waals surface area contributed by atoms with Crippen molar-refractivity contribution in [2.45, 2.75) is 58.3 Å². The zero-order valence-electron chi connectivity index (χ0n) is 11.9. The highest BCUT2D eigenvalue weighted by molar-refractivity contribution is 5.92. The van der Waals surface area contributed by atoms with Crippen LogP contribution in [-0.4, -0.2) is 28.1 Å². The Labute approximate surface area is 118 Å². The number of carboxylic acid groups (broad SMARTS) is 2. The molecule has 0 aliphatic heterocycles. The molecule has 0 atom stereocenters. The second-order valence-electron chi connectivity index (χ2n) is 4.57. The van der Waals surface area contributed by atoms with Crippen LogP contribution in [0.15, 0.2) is 11.8 Å². The molecule has 0 aromatic heterocycles. The van der Waals surface area contributed by atoms with E-state index < -0.39 is 11.9 Å². The molecule has 0 unspecified atom stereocenters. The number of aliphatic carboxylic acids is 2. The summed E-state index contributed by atoms with van der Waals surface area (Å²) in [6.07, 6.45) is 6.97. The van der Waals surface area contributed by atoms with Crippen LogP contribution in [0, 0.1) is 0 Å². The predicted octanol–water partition coefficient (Wildman–Crippen LogP) is 2.30.